The Kier molecular flexibility index (Phi) is 5.36. The fraction of sp³-hybridized carbons (Fsp3) is 0.417. The molecule has 6 nitrogen and oxygen atoms in total. The minimum Gasteiger partial charge on any atom is -0.466 e. The molecule has 1 aromatic rings. The molecule has 0 fully saturated rings. The van der Waals surface area contributed by atoms with Gasteiger partial charge in [-0.1, -0.05) is 6.07 Å². The number of alkyl halides is 2. The van der Waals surface area contributed by atoms with Gasteiger partial charge in [0.15, 0.2) is 0 Å². The van der Waals surface area contributed by atoms with Gasteiger partial charge in [-0.25, -0.2) is 0 Å². The van der Waals surface area contributed by atoms with Crippen molar-refractivity contribution >= 4 is 11.7 Å². The quantitative estimate of drug-likeness (QED) is 0.438. The van der Waals surface area contributed by atoms with Crippen LogP contribution in [-0.4, -0.2) is 23.6 Å². The van der Waals surface area contributed by atoms with Gasteiger partial charge in [-0.2, -0.15) is 8.78 Å². The molecule has 0 heterocycles. The maximum absolute atomic E-state index is 13.4. The summed E-state index contributed by atoms with van der Waals surface area (Å²) in [5.41, 5.74) is -0.358. The third-order valence-corrected chi connectivity index (χ3v) is 2.22. The zero-order valence-electron chi connectivity index (χ0n) is 10.7. The Morgan fingerprint density at radius 3 is 2.75 bits per heavy atom. The molecule has 0 aliphatic carbocycles. The Morgan fingerprint density at radius 1 is 1.45 bits per heavy atom. The molecule has 0 saturated heterocycles. The predicted octanol–water partition coefficient (Wildman–Crippen LogP) is 2.91. The first-order chi connectivity index (χ1) is 9.34. The van der Waals surface area contributed by atoms with E-state index in [1.165, 1.54) is 12.1 Å². The number of hydrogen-bond acceptors (Lipinski definition) is 5. The maximum atomic E-state index is 13.4. The lowest BCUT2D eigenvalue weighted by Gasteiger charge is -2.17. The number of hydrogen-bond donors (Lipinski definition) is 0. The number of esters is 1. The molecule has 0 atom stereocenters. The van der Waals surface area contributed by atoms with Gasteiger partial charge < -0.3 is 9.47 Å². The fourth-order valence-electron chi connectivity index (χ4n) is 1.36. The lowest BCUT2D eigenvalue weighted by atomic mass is 10.3. The highest BCUT2D eigenvalue weighted by molar-refractivity contribution is 5.69. The normalized spacial score (nSPS) is 10.9. The summed E-state index contributed by atoms with van der Waals surface area (Å²) in [6.07, 6.45) is -4.98. The molecular formula is C12H13F2NO5. The van der Waals surface area contributed by atoms with Crippen LogP contribution in [0, 0.1) is 10.1 Å². The van der Waals surface area contributed by atoms with E-state index >= 15 is 0 Å². The van der Waals surface area contributed by atoms with Gasteiger partial charge in [0, 0.05) is 6.07 Å². The highest BCUT2D eigenvalue weighted by Crippen LogP contribution is 2.28. The molecule has 0 unspecified atom stereocenters. The van der Waals surface area contributed by atoms with Crippen LogP contribution < -0.4 is 4.74 Å². The Balaban J connectivity index is 2.63. The SMILES string of the molecule is CCOC(=O)CCC(F)(F)Oc1cccc([N+](=O)[O-])c1. The number of ether oxygens (including phenoxy) is 2. The molecule has 0 N–H and O–H groups in total. The van der Waals surface area contributed by atoms with Gasteiger partial charge in [0.1, 0.15) is 5.75 Å². The van der Waals surface area contributed by atoms with Crippen LogP contribution >= 0.6 is 0 Å². The van der Waals surface area contributed by atoms with Gasteiger partial charge in [-0.15, -0.1) is 0 Å². The van der Waals surface area contributed by atoms with Gasteiger partial charge in [0.25, 0.3) is 5.69 Å². The Labute approximate surface area is 113 Å². The Hall–Kier alpha value is -2.25. The smallest absolute Gasteiger partial charge is 0.398 e. The molecule has 0 radical (unpaired) electrons. The van der Waals surface area contributed by atoms with Gasteiger partial charge in [0.05, 0.1) is 30.4 Å². The molecule has 110 valence electrons. The summed E-state index contributed by atoms with van der Waals surface area (Å²) < 4.78 is 35.8. The van der Waals surface area contributed by atoms with Crippen molar-refractivity contribution in [3.8, 4) is 5.75 Å². The lowest BCUT2D eigenvalue weighted by molar-refractivity contribution is -0.385. The molecule has 0 spiro atoms. The summed E-state index contributed by atoms with van der Waals surface area (Å²) in [6.45, 7) is 1.67. The van der Waals surface area contributed by atoms with E-state index in [0.29, 0.717) is 0 Å². The lowest BCUT2D eigenvalue weighted by Crippen LogP contribution is -2.26. The molecule has 20 heavy (non-hydrogen) atoms. The van der Waals surface area contributed by atoms with Crippen LogP contribution in [0.4, 0.5) is 14.5 Å². The van der Waals surface area contributed by atoms with Crippen LogP contribution in [0.3, 0.4) is 0 Å². The van der Waals surface area contributed by atoms with Gasteiger partial charge >= 0.3 is 12.1 Å². The van der Waals surface area contributed by atoms with Crippen LogP contribution in [0.15, 0.2) is 24.3 Å². The average molecular weight is 289 g/mol. The molecule has 0 aliphatic rings. The molecule has 0 bridgehead atoms. The Morgan fingerprint density at radius 2 is 2.15 bits per heavy atom. The Bertz CT molecular complexity index is 492. The summed E-state index contributed by atoms with van der Waals surface area (Å²) in [6, 6.07) is 4.45. The number of nitrogens with zero attached hydrogens (tertiary/aromatic N) is 1. The van der Waals surface area contributed by atoms with E-state index in [0.717, 1.165) is 12.1 Å². The maximum Gasteiger partial charge on any atom is 0.398 e. The number of carbonyl (C=O) groups excluding carboxylic acids is 1. The summed E-state index contributed by atoms with van der Waals surface area (Å²) >= 11 is 0. The molecule has 0 saturated carbocycles. The van der Waals surface area contributed by atoms with E-state index in [1.54, 1.807) is 6.92 Å². The van der Waals surface area contributed by atoms with Crippen molar-refractivity contribution in [3.63, 3.8) is 0 Å². The number of nitro groups is 1. The number of rotatable bonds is 7. The van der Waals surface area contributed by atoms with Crippen LogP contribution in [0.25, 0.3) is 0 Å². The van der Waals surface area contributed by atoms with E-state index in [2.05, 4.69) is 9.47 Å². The van der Waals surface area contributed by atoms with Gasteiger partial charge in [0.2, 0.25) is 0 Å². The van der Waals surface area contributed by atoms with E-state index in [1.807, 2.05) is 0 Å². The number of nitro benzene ring substituents is 1. The molecule has 0 aliphatic heterocycles. The molecule has 1 rings (SSSR count). The van der Waals surface area contributed by atoms with Crippen LogP contribution in [0.2, 0.25) is 0 Å². The van der Waals surface area contributed by atoms with Crippen molar-refractivity contribution in [2.45, 2.75) is 25.9 Å². The highest BCUT2D eigenvalue weighted by Gasteiger charge is 2.32. The van der Waals surface area contributed by atoms with E-state index in [-0.39, 0.29) is 18.0 Å². The largest absolute Gasteiger partial charge is 0.466 e. The van der Waals surface area contributed by atoms with Crippen molar-refractivity contribution in [1.29, 1.82) is 0 Å². The third-order valence-electron chi connectivity index (χ3n) is 2.22. The minimum absolute atomic E-state index is 0.107. The summed E-state index contributed by atoms with van der Waals surface area (Å²) in [4.78, 5) is 20.8. The fourth-order valence-corrected chi connectivity index (χ4v) is 1.36. The zero-order valence-corrected chi connectivity index (χ0v) is 10.7. The van der Waals surface area contributed by atoms with E-state index < -0.39 is 29.8 Å². The first kappa shape index (κ1) is 15.8. The monoisotopic (exact) mass is 289 g/mol. The second-order valence-electron chi connectivity index (χ2n) is 3.80. The minimum atomic E-state index is -3.61. The average Bonchev–Trinajstić information content (AvgIpc) is 2.37. The van der Waals surface area contributed by atoms with Crippen LogP contribution in [0.1, 0.15) is 19.8 Å². The van der Waals surface area contributed by atoms with Crippen LogP contribution in [-0.2, 0) is 9.53 Å². The standard InChI is InChI=1S/C12H13F2NO5/c1-2-19-11(16)6-7-12(13,14)20-10-5-3-4-9(8-10)15(17)18/h3-5,8H,2,6-7H2,1H3. The first-order valence-electron chi connectivity index (χ1n) is 5.81. The molecule has 0 aromatic heterocycles. The number of non-ortho nitro benzene ring substituents is 1. The third kappa shape index (κ3) is 5.17. The van der Waals surface area contributed by atoms with E-state index in [4.69, 9.17) is 0 Å². The number of halogens is 2. The highest BCUT2D eigenvalue weighted by atomic mass is 19.3. The van der Waals surface area contributed by atoms with Crippen molar-refractivity contribution < 1.29 is 28.0 Å². The second kappa shape index (κ2) is 6.78. The summed E-state index contributed by atoms with van der Waals surface area (Å²) in [7, 11) is 0. The summed E-state index contributed by atoms with van der Waals surface area (Å²) in [5.74, 6) is -1.09. The molecule has 8 heteroatoms. The summed E-state index contributed by atoms with van der Waals surface area (Å²) in [5, 5.41) is 10.5. The first-order valence-corrected chi connectivity index (χ1v) is 5.81. The number of benzene rings is 1. The van der Waals surface area contributed by atoms with Gasteiger partial charge in [-0.05, 0) is 13.0 Å². The number of carbonyl (C=O) groups is 1. The van der Waals surface area contributed by atoms with E-state index in [9.17, 15) is 23.7 Å². The topological polar surface area (TPSA) is 78.7 Å². The van der Waals surface area contributed by atoms with Crippen molar-refractivity contribution in [3.05, 3.63) is 34.4 Å². The molecule has 0 amide bonds. The van der Waals surface area contributed by atoms with Gasteiger partial charge in [-0.3, -0.25) is 14.9 Å². The van der Waals surface area contributed by atoms with Crippen molar-refractivity contribution in [2.75, 3.05) is 6.61 Å². The molecular weight excluding hydrogens is 276 g/mol. The molecule has 1 aromatic carbocycles. The van der Waals surface area contributed by atoms with Crippen molar-refractivity contribution in [1.82, 2.24) is 0 Å². The predicted molar refractivity (Wildman–Crippen MR) is 64.5 cm³/mol. The van der Waals surface area contributed by atoms with Crippen LogP contribution in [0.5, 0.6) is 5.75 Å². The zero-order chi connectivity index (χ0) is 15.2. The second-order valence-corrected chi connectivity index (χ2v) is 3.80. The van der Waals surface area contributed by atoms with Crippen molar-refractivity contribution in [2.24, 2.45) is 0 Å².